The Hall–Kier alpha value is -2.85. The van der Waals surface area contributed by atoms with Gasteiger partial charge in [-0.25, -0.2) is 4.98 Å². The second-order valence-corrected chi connectivity index (χ2v) is 5.83. The fraction of sp³-hybridized carbons (Fsp3) is 0.250. The number of hydrogen-bond donors (Lipinski definition) is 1. The number of pyridine rings is 1. The topological polar surface area (TPSA) is 96.5 Å². The summed E-state index contributed by atoms with van der Waals surface area (Å²) in [5.74, 6) is 7.88. The number of quaternary nitrogens is 1. The first-order chi connectivity index (χ1) is 12.3. The molecule has 0 atom stereocenters. The molecule has 0 unspecified atom stereocenters. The number of piperidine rings is 1. The average Bonchev–Trinajstić information content (AvgIpc) is 2.68. The summed E-state index contributed by atoms with van der Waals surface area (Å²) in [6.07, 6.45) is 5.60. The van der Waals surface area contributed by atoms with Crippen molar-refractivity contribution >= 4 is 11.5 Å². The number of anilines is 1. The van der Waals surface area contributed by atoms with Crippen molar-refractivity contribution in [3.8, 4) is 17.6 Å². The predicted octanol–water partition coefficient (Wildman–Crippen LogP) is 1.54. The lowest BCUT2D eigenvalue weighted by Crippen LogP contribution is -2.70. The predicted molar refractivity (Wildman–Crippen MR) is 102 cm³/mol. The second-order valence-electron chi connectivity index (χ2n) is 5.83. The lowest BCUT2D eigenvalue weighted by molar-refractivity contribution is -0.496. The van der Waals surface area contributed by atoms with Gasteiger partial charge < -0.3 is 25.8 Å². The van der Waals surface area contributed by atoms with Gasteiger partial charge in [0.2, 0.25) is 0 Å². The van der Waals surface area contributed by atoms with Crippen LogP contribution in [0, 0.1) is 17.0 Å². The highest BCUT2D eigenvalue weighted by molar-refractivity contribution is 5.57. The molecule has 1 aromatic heterocycles. The SMILES string of the molecule is COc1cccc(C#CC=C2CCN(c3ncccc3[NH2+][O-])CC2)c1.O. The zero-order chi connectivity index (χ0) is 17.5. The van der Waals surface area contributed by atoms with E-state index in [0.29, 0.717) is 5.69 Å². The fourth-order valence-corrected chi connectivity index (χ4v) is 2.84. The number of nitrogens with zero attached hydrogens (tertiary/aromatic N) is 2. The molecule has 26 heavy (non-hydrogen) atoms. The van der Waals surface area contributed by atoms with Crippen LogP contribution in [0.4, 0.5) is 11.5 Å². The second kappa shape index (κ2) is 9.59. The largest absolute Gasteiger partial charge is 0.630 e. The minimum atomic E-state index is 0. The van der Waals surface area contributed by atoms with Crippen LogP contribution >= 0.6 is 0 Å². The zero-order valence-corrected chi connectivity index (χ0v) is 14.7. The summed E-state index contributed by atoms with van der Waals surface area (Å²) < 4.78 is 5.20. The van der Waals surface area contributed by atoms with Crippen LogP contribution in [0.25, 0.3) is 0 Å². The Morgan fingerprint density at radius 1 is 1.23 bits per heavy atom. The first-order valence-electron chi connectivity index (χ1n) is 8.29. The minimum absolute atomic E-state index is 0. The highest BCUT2D eigenvalue weighted by Crippen LogP contribution is 2.24. The molecular weight excluding hydrogens is 330 g/mol. The molecular formula is C20H23N3O3. The molecule has 0 amide bonds. The molecule has 1 saturated heterocycles. The Labute approximate surface area is 153 Å². The van der Waals surface area contributed by atoms with Crippen LogP contribution in [0.3, 0.4) is 0 Å². The maximum atomic E-state index is 11.2. The average molecular weight is 353 g/mol. The molecule has 0 bridgehead atoms. The molecule has 6 heteroatoms. The number of nitrogens with two attached hydrogens (primary N) is 1. The molecule has 2 heterocycles. The minimum Gasteiger partial charge on any atom is -0.630 e. The Kier molecular flexibility index (Phi) is 7.18. The van der Waals surface area contributed by atoms with Crippen LogP contribution < -0.4 is 15.1 Å². The van der Waals surface area contributed by atoms with Crippen LogP contribution in [-0.2, 0) is 0 Å². The summed E-state index contributed by atoms with van der Waals surface area (Å²) in [5.41, 5.74) is 3.79. The number of ether oxygens (including phenoxy) is 1. The van der Waals surface area contributed by atoms with Crippen molar-refractivity contribution in [3.63, 3.8) is 0 Å². The van der Waals surface area contributed by atoms with Gasteiger partial charge in [0.1, 0.15) is 5.75 Å². The van der Waals surface area contributed by atoms with E-state index in [1.807, 2.05) is 30.3 Å². The van der Waals surface area contributed by atoms with Gasteiger partial charge in [-0.05, 0) is 43.2 Å². The van der Waals surface area contributed by atoms with Crippen molar-refractivity contribution in [2.45, 2.75) is 12.8 Å². The molecule has 1 aliphatic rings. The van der Waals surface area contributed by atoms with E-state index in [1.54, 1.807) is 25.4 Å². The van der Waals surface area contributed by atoms with E-state index >= 15 is 0 Å². The summed E-state index contributed by atoms with van der Waals surface area (Å²) in [5, 5.41) is 11.2. The first-order valence-corrected chi connectivity index (χ1v) is 8.29. The van der Waals surface area contributed by atoms with Crippen LogP contribution in [0.5, 0.6) is 5.75 Å². The number of aromatic nitrogens is 1. The molecule has 6 nitrogen and oxygen atoms in total. The highest BCUT2D eigenvalue weighted by atomic mass is 16.5. The molecule has 2 aromatic rings. The number of allylic oxidation sites excluding steroid dienone is 1. The first kappa shape index (κ1) is 19.5. The van der Waals surface area contributed by atoms with Crippen LogP contribution in [-0.4, -0.2) is 30.7 Å². The third kappa shape index (κ3) is 4.83. The summed E-state index contributed by atoms with van der Waals surface area (Å²) in [6.45, 7) is 1.70. The molecule has 3 rings (SSSR count). The van der Waals surface area contributed by atoms with E-state index in [-0.39, 0.29) is 5.48 Å². The van der Waals surface area contributed by atoms with E-state index in [1.165, 1.54) is 5.57 Å². The normalized spacial score (nSPS) is 13.3. The maximum Gasteiger partial charge on any atom is 0.191 e. The van der Waals surface area contributed by atoms with Gasteiger partial charge in [-0.1, -0.05) is 23.5 Å². The van der Waals surface area contributed by atoms with E-state index in [2.05, 4.69) is 21.7 Å². The zero-order valence-electron chi connectivity index (χ0n) is 14.7. The van der Waals surface area contributed by atoms with Crippen molar-refractivity contribution < 1.29 is 15.7 Å². The van der Waals surface area contributed by atoms with Crippen molar-refractivity contribution in [3.05, 3.63) is 65.0 Å². The van der Waals surface area contributed by atoms with E-state index in [0.717, 1.165) is 48.5 Å². The van der Waals surface area contributed by atoms with E-state index in [9.17, 15) is 5.21 Å². The van der Waals surface area contributed by atoms with Gasteiger partial charge in [0, 0.05) is 30.9 Å². The molecule has 0 radical (unpaired) electrons. The van der Waals surface area contributed by atoms with Crippen molar-refractivity contribution in [2.24, 2.45) is 0 Å². The molecule has 0 saturated carbocycles. The van der Waals surface area contributed by atoms with Gasteiger partial charge in [0.15, 0.2) is 11.5 Å². The van der Waals surface area contributed by atoms with Gasteiger partial charge in [-0.15, -0.1) is 0 Å². The Balaban J connectivity index is 0.00000243. The smallest absolute Gasteiger partial charge is 0.191 e. The lowest BCUT2D eigenvalue weighted by atomic mass is 10.0. The number of methoxy groups -OCH3 is 1. The molecule has 4 N–H and O–H groups in total. The van der Waals surface area contributed by atoms with Gasteiger partial charge in [0.25, 0.3) is 0 Å². The fourth-order valence-electron chi connectivity index (χ4n) is 2.84. The number of benzene rings is 1. The molecule has 0 aliphatic carbocycles. The number of hydrogen-bond acceptors (Lipinski definition) is 4. The summed E-state index contributed by atoms with van der Waals surface area (Å²) >= 11 is 0. The van der Waals surface area contributed by atoms with Gasteiger partial charge >= 0.3 is 0 Å². The highest BCUT2D eigenvalue weighted by Gasteiger charge is 2.18. The molecule has 1 aromatic carbocycles. The van der Waals surface area contributed by atoms with Crippen molar-refractivity contribution in [1.82, 2.24) is 4.98 Å². The van der Waals surface area contributed by atoms with Gasteiger partial charge in [0.05, 0.1) is 7.11 Å². The summed E-state index contributed by atoms with van der Waals surface area (Å²) in [7, 11) is 1.65. The van der Waals surface area contributed by atoms with E-state index < -0.39 is 0 Å². The molecule has 1 aliphatic heterocycles. The third-order valence-corrected chi connectivity index (χ3v) is 4.21. The van der Waals surface area contributed by atoms with E-state index in [4.69, 9.17) is 4.74 Å². The molecule has 136 valence electrons. The Morgan fingerprint density at radius 3 is 2.77 bits per heavy atom. The van der Waals surface area contributed by atoms with Crippen LogP contribution in [0.1, 0.15) is 18.4 Å². The lowest BCUT2D eigenvalue weighted by Gasteiger charge is -2.29. The quantitative estimate of drug-likeness (QED) is 0.668. The van der Waals surface area contributed by atoms with Gasteiger partial charge in [-0.3, -0.25) is 0 Å². The van der Waals surface area contributed by atoms with Gasteiger partial charge in [-0.2, -0.15) is 0 Å². The number of rotatable bonds is 3. The molecule has 1 fully saturated rings. The standard InChI is InChI=1S/C20H21N3O2.H2O/c1-25-18-8-3-7-17(15-18)6-2-5-16-10-13-23(14-11-16)20-19(22-24)9-4-12-21-20;/h3-5,7-9,12,15H,10-11,13-14,22H2,1H3;1H2. The van der Waals surface area contributed by atoms with Crippen molar-refractivity contribution in [1.29, 1.82) is 0 Å². The summed E-state index contributed by atoms with van der Waals surface area (Å²) in [4.78, 5) is 6.52. The monoisotopic (exact) mass is 353 g/mol. The Morgan fingerprint density at radius 2 is 2.04 bits per heavy atom. The van der Waals surface area contributed by atoms with Crippen molar-refractivity contribution in [2.75, 3.05) is 25.1 Å². The van der Waals surface area contributed by atoms with Crippen LogP contribution in [0.2, 0.25) is 0 Å². The summed E-state index contributed by atoms with van der Waals surface area (Å²) in [6, 6.07) is 11.3. The van der Waals surface area contributed by atoms with Crippen LogP contribution in [0.15, 0.2) is 54.2 Å². The molecule has 0 spiro atoms. The third-order valence-electron chi connectivity index (χ3n) is 4.21. The Bertz CT molecular complexity index is 814. The maximum absolute atomic E-state index is 11.2.